The van der Waals surface area contributed by atoms with Crippen LogP contribution in [0.2, 0.25) is 0 Å². The lowest BCUT2D eigenvalue weighted by atomic mass is 10.0. The van der Waals surface area contributed by atoms with Crippen molar-refractivity contribution in [3.8, 4) is 11.1 Å². The zero-order chi connectivity index (χ0) is 23.7. The Kier molecular flexibility index (Phi) is 5.75. The number of H-pyrrole nitrogens is 1. The largest absolute Gasteiger partial charge is 0.378 e. The molecular formula is C22H23N7O4S. The number of hydrogen-bond donors (Lipinski definition) is 2. The third-order valence-electron chi connectivity index (χ3n) is 5.65. The molecular weight excluding hydrogens is 458 g/mol. The minimum Gasteiger partial charge on any atom is -0.378 e. The lowest BCUT2D eigenvalue weighted by Crippen LogP contribution is -2.36. The molecule has 0 atom stereocenters. The number of sulfonamides is 1. The maximum absolute atomic E-state index is 12.8. The summed E-state index contributed by atoms with van der Waals surface area (Å²) >= 11 is 0. The fourth-order valence-corrected chi connectivity index (χ4v) is 4.84. The summed E-state index contributed by atoms with van der Waals surface area (Å²) in [7, 11) is -3.97. The van der Waals surface area contributed by atoms with E-state index in [2.05, 4.69) is 29.7 Å². The van der Waals surface area contributed by atoms with Crippen molar-refractivity contribution in [2.75, 3.05) is 35.9 Å². The van der Waals surface area contributed by atoms with Crippen molar-refractivity contribution in [2.24, 2.45) is 0 Å². The summed E-state index contributed by atoms with van der Waals surface area (Å²) in [4.78, 5) is 26.0. The van der Waals surface area contributed by atoms with Crippen molar-refractivity contribution in [1.82, 2.24) is 24.7 Å². The predicted octanol–water partition coefficient (Wildman–Crippen LogP) is 1.84. The Hall–Kier alpha value is -3.77. The zero-order valence-corrected chi connectivity index (χ0v) is 19.2. The minimum atomic E-state index is -3.97. The van der Waals surface area contributed by atoms with E-state index in [0.717, 1.165) is 35.4 Å². The van der Waals surface area contributed by atoms with Crippen LogP contribution in [0.1, 0.15) is 6.92 Å². The Bertz CT molecular complexity index is 1510. The van der Waals surface area contributed by atoms with Gasteiger partial charge in [0.15, 0.2) is 0 Å². The molecule has 34 heavy (non-hydrogen) atoms. The second-order valence-corrected chi connectivity index (χ2v) is 9.48. The van der Waals surface area contributed by atoms with Gasteiger partial charge in [-0.2, -0.15) is 5.10 Å². The minimum absolute atomic E-state index is 0.0165. The molecule has 176 valence electrons. The highest BCUT2D eigenvalue weighted by Gasteiger charge is 2.19. The van der Waals surface area contributed by atoms with Gasteiger partial charge in [0.05, 0.1) is 24.9 Å². The van der Waals surface area contributed by atoms with E-state index in [-0.39, 0.29) is 10.6 Å². The monoisotopic (exact) mass is 481 g/mol. The molecule has 12 heteroatoms. The van der Waals surface area contributed by atoms with E-state index < -0.39 is 15.6 Å². The molecule has 0 saturated carbocycles. The zero-order valence-electron chi connectivity index (χ0n) is 18.4. The highest BCUT2D eigenvalue weighted by molar-refractivity contribution is 7.92. The van der Waals surface area contributed by atoms with Gasteiger partial charge in [0.25, 0.3) is 15.6 Å². The lowest BCUT2D eigenvalue weighted by Gasteiger charge is -2.28. The number of nitrogens with zero attached hydrogens (tertiary/aromatic N) is 5. The number of rotatable bonds is 6. The van der Waals surface area contributed by atoms with Crippen LogP contribution in [0.25, 0.3) is 22.0 Å². The van der Waals surface area contributed by atoms with Gasteiger partial charge >= 0.3 is 0 Å². The summed E-state index contributed by atoms with van der Waals surface area (Å²) < 4.78 is 34.9. The standard InChI is InChI=1S/C22H23N7O4S/c1-2-29-13-17(12-26-29)34(31,32)27-20-10-16(11-23-22(20)30)15-3-4-19-18(9-15)21(25-14-24-19)28-5-7-33-8-6-28/h3-4,9-14,27H,2,5-8H2,1H3,(H,23,30). The number of hydrogen-bond acceptors (Lipinski definition) is 8. The number of fused-ring (bicyclic) bond motifs is 1. The fraction of sp³-hybridized carbons (Fsp3) is 0.273. The summed E-state index contributed by atoms with van der Waals surface area (Å²) in [5, 5.41) is 4.86. The van der Waals surface area contributed by atoms with Gasteiger partial charge in [-0.25, -0.2) is 18.4 Å². The molecule has 3 aromatic heterocycles. The van der Waals surface area contributed by atoms with Crippen molar-refractivity contribution in [3.05, 3.63) is 59.5 Å². The number of morpholine rings is 1. The SMILES string of the molecule is CCn1cc(S(=O)(=O)Nc2cc(-c3ccc4ncnc(N5CCOCC5)c4c3)c[nH]c2=O)cn1. The van der Waals surface area contributed by atoms with E-state index in [9.17, 15) is 13.2 Å². The van der Waals surface area contributed by atoms with E-state index in [4.69, 9.17) is 4.74 Å². The number of ether oxygens (including phenoxy) is 1. The number of nitrogens with one attached hydrogen (secondary N) is 2. The van der Waals surface area contributed by atoms with E-state index in [1.165, 1.54) is 23.1 Å². The first kappa shape index (κ1) is 22.0. The smallest absolute Gasteiger partial charge is 0.272 e. The molecule has 0 radical (unpaired) electrons. The van der Waals surface area contributed by atoms with Crippen LogP contribution in [0, 0.1) is 0 Å². The molecule has 0 aliphatic carbocycles. The van der Waals surface area contributed by atoms with Crippen LogP contribution in [-0.4, -0.2) is 59.5 Å². The second kappa shape index (κ2) is 8.88. The third-order valence-corrected chi connectivity index (χ3v) is 6.97. The molecule has 0 amide bonds. The summed E-state index contributed by atoms with van der Waals surface area (Å²) in [6, 6.07) is 7.21. The summed E-state index contributed by atoms with van der Waals surface area (Å²) in [5.74, 6) is 0.813. The molecule has 1 aliphatic rings. The van der Waals surface area contributed by atoms with E-state index in [0.29, 0.717) is 25.3 Å². The van der Waals surface area contributed by atoms with Crippen molar-refractivity contribution in [3.63, 3.8) is 0 Å². The molecule has 0 bridgehead atoms. The first-order chi connectivity index (χ1) is 16.4. The van der Waals surface area contributed by atoms with Crippen LogP contribution in [-0.2, 0) is 21.3 Å². The number of aromatic nitrogens is 5. The van der Waals surface area contributed by atoms with E-state index in [1.54, 1.807) is 12.5 Å². The molecule has 0 unspecified atom stereocenters. The predicted molar refractivity (Wildman–Crippen MR) is 127 cm³/mol. The Morgan fingerprint density at radius 1 is 1.15 bits per heavy atom. The molecule has 1 aliphatic heterocycles. The van der Waals surface area contributed by atoms with Crippen LogP contribution in [0.4, 0.5) is 11.5 Å². The Morgan fingerprint density at radius 3 is 2.74 bits per heavy atom. The van der Waals surface area contributed by atoms with Gasteiger partial charge in [0, 0.05) is 43.0 Å². The molecule has 11 nitrogen and oxygen atoms in total. The van der Waals surface area contributed by atoms with Gasteiger partial charge in [-0.1, -0.05) is 6.07 Å². The highest BCUT2D eigenvalue weighted by atomic mass is 32.2. The van der Waals surface area contributed by atoms with Crippen LogP contribution in [0.15, 0.2) is 58.9 Å². The maximum Gasteiger partial charge on any atom is 0.272 e. The van der Waals surface area contributed by atoms with Gasteiger partial charge in [-0.3, -0.25) is 14.2 Å². The van der Waals surface area contributed by atoms with Crippen molar-refractivity contribution < 1.29 is 13.2 Å². The molecule has 4 aromatic rings. The number of aromatic amines is 1. The van der Waals surface area contributed by atoms with Gasteiger partial charge < -0.3 is 14.6 Å². The van der Waals surface area contributed by atoms with Gasteiger partial charge in [-0.05, 0) is 30.7 Å². The van der Waals surface area contributed by atoms with Crippen LogP contribution in [0.3, 0.4) is 0 Å². The third kappa shape index (κ3) is 4.24. The highest BCUT2D eigenvalue weighted by Crippen LogP contribution is 2.29. The molecule has 1 saturated heterocycles. The Balaban J connectivity index is 1.51. The van der Waals surface area contributed by atoms with Crippen LogP contribution < -0.4 is 15.2 Å². The molecule has 2 N–H and O–H groups in total. The average molecular weight is 482 g/mol. The fourth-order valence-electron chi connectivity index (χ4n) is 3.84. The molecule has 4 heterocycles. The van der Waals surface area contributed by atoms with E-state index >= 15 is 0 Å². The quantitative estimate of drug-likeness (QED) is 0.426. The molecule has 5 rings (SSSR count). The molecule has 1 aromatic carbocycles. The number of aryl methyl sites for hydroxylation is 1. The number of benzene rings is 1. The first-order valence-electron chi connectivity index (χ1n) is 10.8. The van der Waals surface area contributed by atoms with Crippen LogP contribution >= 0.6 is 0 Å². The molecule has 0 spiro atoms. The van der Waals surface area contributed by atoms with Crippen molar-refractivity contribution >= 4 is 32.4 Å². The average Bonchev–Trinajstić information content (AvgIpc) is 3.36. The normalized spacial score (nSPS) is 14.4. The topological polar surface area (TPSA) is 135 Å². The first-order valence-corrected chi connectivity index (χ1v) is 12.3. The number of pyridine rings is 1. The van der Waals surface area contributed by atoms with Gasteiger partial charge in [0.2, 0.25) is 0 Å². The number of anilines is 2. The summed E-state index contributed by atoms with van der Waals surface area (Å²) in [5.41, 5.74) is 1.58. The van der Waals surface area contributed by atoms with Gasteiger partial charge in [-0.15, -0.1) is 0 Å². The summed E-state index contributed by atoms with van der Waals surface area (Å²) in [6.07, 6.45) is 5.76. The maximum atomic E-state index is 12.8. The Labute approximate surface area is 195 Å². The lowest BCUT2D eigenvalue weighted by molar-refractivity contribution is 0.122. The van der Waals surface area contributed by atoms with E-state index in [1.807, 2.05) is 25.1 Å². The van der Waals surface area contributed by atoms with Crippen LogP contribution in [0.5, 0.6) is 0 Å². The Morgan fingerprint density at radius 2 is 1.97 bits per heavy atom. The van der Waals surface area contributed by atoms with Gasteiger partial charge in [0.1, 0.15) is 22.7 Å². The van der Waals surface area contributed by atoms with Crippen molar-refractivity contribution in [2.45, 2.75) is 18.4 Å². The molecule has 1 fully saturated rings. The van der Waals surface area contributed by atoms with Crippen molar-refractivity contribution in [1.29, 1.82) is 0 Å². The summed E-state index contributed by atoms with van der Waals surface area (Å²) in [6.45, 7) is 5.11. The second-order valence-electron chi connectivity index (χ2n) is 7.80.